The molecule has 0 aromatic rings. The second-order valence-corrected chi connectivity index (χ2v) is 9.15. The average Bonchev–Trinajstić information content (AvgIpc) is 3.29. The Morgan fingerprint density at radius 1 is 1.06 bits per heavy atom. The zero-order chi connectivity index (χ0) is 26.5. The molecule has 0 aliphatic carbocycles. The quantitative estimate of drug-likeness (QED) is 0.0765. The van der Waals surface area contributed by atoms with Crippen LogP contribution in [0.5, 0.6) is 0 Å². The number of nitrogens with one attached hydrogen (secondary N) is 2. The summed E-state index contributed by atoms with van der Waals surface area (Å²) in [6, 6.07) is -3.58. The molecular formula is C22H42N8O5. The van der Waals surface area contributed by atoms with Crippen LogP contribution in [0.3, 0.4) is 0 Å². The van der Waals surface area contributed by atoms with Gasteiger partial charge in [-0.25, -0.2) is 4.79 Å². The molecule has 0 aromatic carbocycles. The Morgan fingerprint density at radius 3 is 2.29 bits per heavy atom. The SMILES string of the molecule is CC(C)C(N)C(=O)N1CCCC1C(=O)NC(CCCCN)C(=O)NC(CCCN=C(N)N)C(=O)O. The van der Waals surface area contributed by atoms with Crippen molar-refractivity contribution in [2.24, 2.45) is 33.8 Å². The van der Waals surface area contributed by atoms with Gasteiger partial charge in [-0.05, 0) is 57.4 Å². The van der Waals surface area contributed by atoms with Crippen molar-refractivity contribution in [3.8, 4) is 0 Å². The monoisotopic (exact) mass is 498 g/mol. The third kappa shape index (κ3) is 10.1. The van der Waals surface area contributed by atoms with Crippen LogP contribution in [0.4, 0.5) is 0 Å². The summed E-state index contributed by atoms with van der Waals surface area (Å²) >= 11 is 0. The van der Waals surface area contributed by atoms with Gasteiger partial charge in [0.25, 0.3) is 0 Å². The largest absolute Gasteiger partial charge is 0.480 e. The normalized spacial score (nSPS) is 18.0. The smallest absolute Gasteiger partial charge is 0.326 e. The molecule has 13 heteroatoms. The summed E-state index contributed by atoms with van der Waals surface area (Å²) in [6.07, 6.45) is 3.03. The number of carbonyl (C=O) groups excluding carboxylic acids is 3. The number of carboxylic acid groups (broad SMARTS) is 1. The third-order valence-electron chi connectivity index (χ3n) is 5.98. The molecule has 11 N–H and O–H groups in total. The molecule has 1 aliphatic rings. The predicted molar refractivity (Wildman–Crippen MR) is 132 cm³/mol. The van der Waals surface area contributed by atoms with E-state index in [1.807, 2.05) is 13.8 Å². The molecule has 0 bridgehead atoms. The van der Waals surface area contributed by atoms with E-state index in [9.17, 15) is 24.3 Å². The first-order valence-electron chi connectivity index (χ1n) is 12.1. The predicted octanol–water partition coefficient (Wildman–Crippen LogP) is -1.80. The fourth-order valence-corrected chi connectivity index (χ4v) is 3.84. The number of rotatable bonds is 15. The maximum Gasteiger partial charge on any atom is 0.326 e. The number of nitrogens with two attached hydrogens (primary N) is 4. The van der Waals surface area contributed by atoms with Gasteiger partial charge in [0, 0.05) is 13.1 Å². The molecule has 1 aliphatic heterocycles. The van der Waals surface area contributed by atoms with Crippen molar-refractivity contribution in [2.45, 2.75) is 83.0 Å². The third-order valence-corrected chi connectivity index (χ3v) is 5.98. The Bertz CT molecular complexity index is 756. The summed E-state index contributed by atoms with van der Waals surface area (Å²) in [5.41, 5.74) is 22.1. The van der Waals surface area contributed by atoms with Crippen LogP contribution in [0, 0.1) is 5.92 Å². The molecule has 4 atom stereocenters. The summed E-state index contributed by atoms with van der Waals surface area (Å²) in [6.45, 7) is 4.73. The summed E-state index contributed by atoms with van der Waals surface area (Å²) in [4.78, 5) is 55.7. The van der Waals surface area contributed by atoms with Crippen molar-refractivity contribution in [3.63, 3.8) is 0 Å². The fourth-order valence-electron chi connectivity index (χ4n) is 3.84. The average molecular weight is 499 g/mol. The molecule has 13 nitrogen and oxygen atoms in total. The zero-order valence-electron chi connectivity index (χ0n) is 20.7. The highest BCUT2D eigenvalue weighted by Crippen LogP contribution is 2.20. The first-order valence-corrected chi connectivity index (χ1v) is 12.1. The zero-order valence-corrected chi connectivity index (χ0v) is 20.7. The van der Waals surface area contributed by atoms with Crippen molar-refractivity contribution >= 4 is 29.7 Å². The Morgan fingerprint density at radius 2 is 1.71 bits per heavy atom. The van der Waals surface area contributed by atoms with Crippen molar-refractivity contribution in [1.82, 2.24) is 15.5 Å². The summed E-state index contributed by atoms with van der Waals surface area (Å²) in [5.74, 6) is -2.75. The van der Waals surface area contributed by atoms with Gasteiger partial charge in [-0.2, -0.15) is 0 Å². The number of carbonyl (C=O) groups is 4. The van der Waals surface area contributed by atoms with Crippen molar-refractivity contribution in [2.75, 3.05) is 19.6 Å². The molecule has 3 amide bonds. The standard InChI is InChI=1S/C22H42N8O5/c1-13(2)17(24)20(33)30-12-6-9-16(30)19(32)28-14(7-3-4-10-23)18(31)29-15(21(34)35)8-5-11-27-22(25)26/h13-17H,3-12,23-24H2,1-2H3,(H,28,32)(H,29,31)(H,34,35)(H4,25,26,27). The Kier molecular flexibility index (Phi) is 13.0. The second-order valence-electron chi connectivity index (χ2n) is 9.15. The van der Waals surface area contributed by atoms with E-state index in [-0.39, 0.29) is 37.2 Å². The molecule has 1 rings (SSSR count). The first-order chi connectivity index (χ1) is 16.5. The number of nitrogens with zero attached hydrogens (tertiary/aromatic N) is 2. The van der Waals surface area contributed by atoms with Crippen LogP contribution in [0.25, 0.3) is 0 Å². The van der Waals surface area contributed by atoms with E-state index < -0.39 is 42.0 Å². The van der Waals surface area contributed by atoms with E-state index >= 15 is 0 Å². The van der Waals surface area contributed by atoms with Gasteiger partial charge in [0.15, 0.2) is 5.96 Å². The molecule has 0 saturated carbocycles. The number of hydrogen-bond acceptors (Lipinski definition) is 7. The lowest BCUT2D eigenvalue weighted by Crippen LogP contribution is -2.57. The summed E-state index contributed by atoms with van der Waals surface area (Å²) < 4.78 is 0. The Balaban J connectivity index is 2.88. The number of guanidine groups is 1. The van der Waals surface area contributed by atoms with Gasteiger partial charge in [-0.1, -0.05) is 13.8 Å². The van der Waals surface area contributed by atoms with Crippen LogP contribution in [0.1, 0.15) is 58.8 Å². The Labute approximate surface area is 206 Å². The molecule has 1 saturated heterocycles. The molecule has 1 fully saturated rings. The minimum absolute atomic E-state index is 0.0819. The minimum atomic E-state index is -1.20. The number of aliphatic imine (C=N–C) groups is 1. The molecule has 200 valence electrons. The lowest BCUT2D eigenvalue weighted by atomic mass is 10.0. The van der Waals surface area contributed by atoms with Gasteiger partial charge in [0.05, 0.1) is 6.04 Å². The van der Waals surface area contributed by atoms with Crippen LogP contribution < -0.4 is 33.6 Å². The lowest BCUT2D eigenvalue weighted by Gasteiger charge is -2.29. The van der Waals surface area contributed by atoms with E-state index in [1.54, 1.807) is 0 Å². The van der Waals surface area contributed by atoms with Crippen LogP contribution in [-0.2, 0) is 19.2 Å². The number of aliphatic carboxylic acids is 1. The van der Waals surface area contributed by atoms with E-state index in [0.29, 0.717) is 45.2 Å². The van der Waals surface area contributed by atoms with E-state index in [1.165, 1.54) is 4.90 Å². The highest BCUT2D eigenvalue weighted by molar-refractivity contribution is 5.94. The minimum Gasteiger partial charge on any atom is -0.480 e. The van der Waals surface area contributed by atoms with Crippen molar-refractivity contribution in [1.29, 1.82) is 0 Å². The van der Waals surface area contributed by atoms with Crippen molar-refractivity contribution < 1.29 is 24.3 Å². The van der Waals surface area contributed by atoms with E-state index in [2.05, 4.69) is 15.6 Å². The van der Waals surface area contributed by atoms with Gasteiger partial charge in [0.1, 0.15) is 18.1 Å². The molecule has 35 heavy (non-hydrogen) atoms. The van der Waals surface area contributed by atoms with Crippen molar-refractivity contribution in [3.05, 3.63) is 0 Å². The fraction of sp³-hybridized carbons (Fsp3) is 0.773. The van der Waals surface area contributed by atoms with E-state index in [0.717, 1.165) is 0 Å². The Hall–Kier alpha value is -2.93. The van der Waals surface area contributed by atoms with Gasteiger partial charge >= 0.3 is 5.97 Å². The molecule has 0 aromatic heterocycles. The second kappa shape index (κ2) is 15.1. The van der Waals surface area contributed by atoms with Crippen LogP contribution >= 0.6 is 0 Å². The number of likely N-dealkylation sites (tertiary alicyclic amines) is 1. The van der Waals surface area contributed by atoms with E-state index in [4.69, 9.17) is 22.9 Å². The maximum atomic E-state index is 13.1. The summed E-state index contributed by atoms with van der Waals surface area (Å²) in [7, 11) is 0. The van der Waals surface area contributed by atoms with Gasteiger partial charge < -0.3 is 43.6 Å². The highest BCUT2D eigenvalue weighted by atomic mass is 16.4. The van der Waals surface area contributed by atoms with Gasteiger partial charge in [-0.15, -0.1) is 0 Å². The van der Waals surface area contributed by atoms with Crippen LogP contribution in [-0.4, -0.2) is 83.5 Å². The number of amides is 3. The van der Waals surface area contributed by atoms with Crippen LogP contribution in [0.15, 0.2) is 4.99 Å². The van der Waals surface area contributed by atoms with Gasteiger partial charge in [0.2, 0.25) is 17.7 Å². The maximum absolute atomic E-state index is 13.1. The molecule has 1 heterocycles. The summed E-state index contributed by atoms with van der Waals surface area (Å²) in [5, 5.41) is 14.7. The number of unbranched alkanes of at least 4 members (excludes halogenated alkanes) is 1. The van der Waals surface area contributed by atoms with Gasteiger partial charge in [-0.3, -0.25) is 19.4 Å². The molecule has 4 unspecified atom stereocenters. The molecule has 0 radical (unpaired) electrons. The molecule has 0 spiro atoms. The lowest BCUT2D eigenvalue weighted by molar-refractivity contribution is -0.143. The topological polar surface area (TPSA) is 232 Å². The first kappa shape index (κ1) is 30.1. The highest BCUT2D eigenvalue weighted by Gasteiger charge is 2.38. The number of carboxylic acids is 1. The molecular weight excluding hydrogens is 456 g/mol. The number of hydrogen-bond donors (Lipinski definition) is 7. The van der Waals surface area contributed by atoms with Crippen LogP contribution in [0.2, 0.25) is 0 Å².